The first-order valence-electron chi connectivity index (χ1n) is 8.85. The van der Waals surface area contributed by atoms with Gasteiger partial charge in [0.15, 0.2) is 0 Å². The summed E-state index contributed by atoms with van der Waals surface area (Å²) in [6.45, 7) is 3.31. The Hall–Kier alpha value is -1.70. The van der Waals surface area contributed by atoms with Crippen molar-refractivity contribution in [1.82, 2.24) is 10.3 Å². The van der Waals surface area contributed by atoms with E-state index in [9.17, 15) is 15.0 Å². The van der Waals surface area contributed by atoms with Crippen molar-refractivity contribution in [3.05, 3.63) is 23.9 Å². The van der Waals surface area contributed by atoms with Gasteiger partial charge in [0.2, 0.25) is 11.8 Å². The number of carbonyl (C=O) groups is 1. The zero-order valence-electron chi connectivity index (χ0n) is 14.4. The number of hydrogen-bond donors (Lipinski definition) is 3. The van der Waals surface area contributed by atoms with Gasteiger partial charge in [-0.3, -0.25) is 4.79 Å². The second kappa shape index (κ2) is 8.12. The van der Waals surface area contributed by atoms with Crippen molar-refractivity contribution in [3.63, 3.8) is 0 Å². The van der Waals surface area contributed by atoms with Crippen LogP contribution in [0.5, 0.6) is 5.88 Å². The van der Waals surface area contributed by atoms with E-state index in [-0.39, 0.29) is 24.3 Å². The molecule has 1 aliphatic carbocycles. The second-order valence-corrected chi connectivity index (χ2v) is 6.91. The Morgan fingerprint density at radius 2 is 2.08 bits per heavy atom. The molecule has 3 rings (SSSR count). The molecule has 1 aromatic rings. The monoisotopic (exact) mass is 350 g/mol. The molecule has 7 heteroatoms. The van der Waals surface area contributed by atoms with E-state index >= 15 is 0 Å². The Balaban J connectivity index is 1.52. The number of aliphatic hydroxyl groups excluding tert-OH is 2. The number of aliphatic hydroxyl groups is 2. The van der Waals surface area contributed by atoms with Crippen molar-refractivity contribution in [3.8, 4) is 5.88 Å². The number of nitrogens with one attached hydrogen (secondary N) is 1. The number of aryl methyl sites for hydroxylation is 1. The fourth-order valence-electron chi connectivity index (χ4n) is 3.48. The van der Waals surface area contributed by atoms with Crippen LogP contribution in [0.4, 0.5) is 0 Å². The molecule has 1 aliphatic heterocycles. The molecule has 4 unspecified atom stereocenters. The summed E-state index contributed by atoms with van der Waals surface area (Å²) in [4.78, 5) is 16.6. The number of carbonyl (C=O) groups excluding carboxylic acids is 1. The van der Waals surface area contributed by atoms with Crippen molar-refractivity contribution in [2.75, 3.05) is 19.8 Å². The molecular formula is C18H26N2O5. The Labute approximate surface area is 147 Å². The highest BCUT2D eigenvalue weighted by Gasteiger charge is 2.43. The molecule has 1 saturated carbocycles. The molecule has 2 fully saturated rings. The maximum atomic E-state index is 12.3. The van der Waals surface area contributed by atoms with Crippen LogP contribution < -0.4 is 10.1 Å². The van der Waals surface area contributed by atoms with Crippen molar-refractivity contribution < 1.29 is 24.5 Å². The summed E-state index contributed by atoms with van der Waals surface area (Å²) in [5.74, 6) is 0.0973. The molecule has 1 saturated heterocycles. The molecule has 7 nitrogen and oxygen atoms in total. The lowest BCUT2D eigenvalue weighted by atomic mass is 9.98. The van der Waals surface area contributed by atoms with E-state index in [0.717, 1.165) is 5.69 Å². The van der Waals surface area contributed by atoms with Crippen LogP contribution in [-0.4, -0.2) is 59.2 Å². The molecule has 0 bridgehead atoms. The van der Waals surface area contributed by atoms with Gasteiger partial charge in [0.05, 0.1) is 18.8 Å². The van der Waals surface area contributed by atoms with Gasteiger partial charge in [0, 0.05) is 36.8 Å². The van der Waals surface area contributed by atoms with Gasteiger partial charge >= 0.3 is 0 Å². The summed E-state index contributed by atoms with van der Waals surface area (Å²) in [5, 5.41) is 23.4. The van der Waals surface area contributed by atoms with Crippen molar-refractivity contribution >= 4 is 5.91 Å². The van der Waals surface area contributed by atoms with Crippen LogP contribution in [0.15, 0.2) is 18.2 Å². The van der Waals surface area contributed by atoms with E-state index in [2.05, 4.69) is 10.3 Å². The minimum atomic E-state index is -0.983. The summed E-state index contributed by atoms with van der Waals surface area (Å²) >= 11 is 0. The molecule has 0 aromatic carbocycles. The Morgan fingerprint density at radius 1 is 1.32 bits per heavy atom. The van der Waals surface area contributed by atoms with Gasteiger partial charge < -0.3 is 25.0 Å². The third kappa shape index (κ3) is 4.48. The van der Waals surface area contributed by atoms with Gasteiger partial charge in [0.1, 0.15) is 6.10 Å². The Kier molecular flexibility index (Phi) is 5.88. The van der Waals surface area contributed by atoms with E-state index < -0.39 is 18.2 Å². The third-order valence-corrected chi connectivity index (χ3v) is 5.03. The molecule has 138 valence electrons. The first-order valence-corrected chi connectivity index (χ1v) is 8.85. The summed E-state index contributed by atoms with van der Waals surface area (Å²) < 4.78 is 10.9. The van der Waals surface area contributed by atoms with Gasteiger partial charge in [-0.15, -0.1) is 0 Å². The van der Waals surface area contributed by atoms with Crippen LogP contribution in [0.25, 0.3) is 0 Å². The molecule has 25 heavy (non-hydrogen) atoms. The largest absolute Gasteiger partial charge is 0.477 e. The lowest BCUT2D eigenvalue weighted by Crippen LogP contribution is -2.46. The number of nitrogens with zero attached hydrogens (tertiary/aromatic N) is 1. The maximum Gasteiger partial charge on any atom is 0.223 e. The maximum absolute atomic E-state index is 12.3. The van der Waals surface area contributed by atoms with Gasteiger partial charge in [0.25, 0.3) is 0 Å². The minimum absolute atomic E-state index is 0.0681. The van der Waals surface area contributed by atoms with Gasteiger partial charge in [-0.1, -0.05) is 6.07 Å². The molecule has 3 N–H and O–H groups in total. The van der Waals surface area contributed by atoms with E-state index in [1.165, 1.54) is 0 Å². The summed E-state index contributed by atoms with van der Waals surface area (Å²) in [5.41, 5.74) is 0.853. The quantitative estimate of drug-likeness (QED) is 0.712. The molecule has 1 amide bonds. The average Bonchev–Trinajstić information content (AvgIpc) is 2.89. The number of rotatable bonds is 5. The first-order chi connectivity index (χ1) is 12.0. The van der Waals surface area contributed by atoms with E-state index in [4.69, 9.17) is 9.47 Å². The number of hydrogen-bond acceptors (Lipinski definition) is 6. The van der Waals surface area contributed by atoms with Crippen LogP contribution in [0.3, 0.4) is 0 Å². The van der Waals surface area contributed by atoms with Crippen LogP contribution in [0.1, 0.15) is 25.0 Å². The lowest BCUT2D eigenvalue weighted by Gasteiger charge is -2.24. The van der Waals surface area contributed by atoms with Crippen molar-refractivity contribution in [2.24, 2.45) is 11.8 Å². The van der Waals surface area contributed by atoms with Crippen LogP contribution in [0, 0.1) is 18.8 Å². The number of ether oxygens (including phenoxy) is 2. The summed E-state index contributed by atoms with van der Waals surface area (Å²) in [6, 6.07) is 5.04. The van der Waals surface area contributed by atoms with Gasteiger partial charge in [-0.2, -0.15) is 0 Å². The highest BCUT2D eigenvalue weighted by molar-refractivity contribution is 5.79. The normalized spacial score (nSPS) is 30.2. The Bertz CT molecular complexity index is 591. The predicted octanol–water partition coefficient (Wildman–Crippen LogP) is 0.422. The van der Waals surface area contributed by atoms with Crippen LogP contribution >= 0.6 is 0 Å². The van der Waals surface area contributed by atoms with E-state index in [0.29, 0.717) is 38.4 Å². The zero-order valence-corrected chi connectivity index (χ0v) is 14.4. The third-order valence-electron chi connectivity index (χ3n) is 5.03. The fraction of sp³-hybridized carbons (Fsp3) is 0.667. The minimum Gasteiger partial charge on any atom is -0.477 e. The average molecular weight is 350 g/mol. The van der Waals surface area contributed by atoms with Gasteiger partial charge in [-0.05, 0) is 32.3 Å². The Morgan fingerprint density at radius 3 is 2.80 bits per heavy atom. The number of amides is 1. The number of aromatic nitrogens is 1. The highest BCUT2D eigenvalue weighted by Crippen LogP contribution is 2.28. The SMILES string of the molecule is Cc1cccc(OCC2CC(NC(=O)C3CCOCC3)C(O)C2O)n1. The molecule has 2 aliphatic rings. The van der Waals surface area contributed by atoms with E-state index in [1.54, 1.807) is 6.07 Å². The van der Waals surface area contributed by atoms with Crippen LogP contribution in [0.2, 0.25) is 0 Å². The number of pyridine rings is 1. The van der Waals surface area contributed by atoms with Crippen LogP contribution in [-0.2, 0) is 9.53 Å². The van der Waals surface area contributed by atoms with E-state index in [1.807, 2.05) is 19.1 Å². The standard InChI is InChI=1S/C18H26N2O5/c1-11-3-2-4-15(19-11)25-10-13-9-14(17(22)16(13)21)20-18(23)12-5-7-24-8-6-12/h2-4,12-14,16-17,21-22H,5-10H2,1H3,(H,20,23). The lowest BCUT2D eigenvalue weighted by molar-refractivity contribution is -0.129. The highest BCUT2D eigenvalue weighted by atomic mass is 16.5. The molecule has 0 spiro atoms. The predicted molar refractivity (Wildman–Crippen MR) is 90.1 cm³/mol. The molecule has 0 radical (unpaired) electrons. The second-order valence-electron chi connectivity index (χ2n) is 6.91. The first kappa shape index (κ1) is 18.1. The smallest absolute Gasteiger partial charge is 0.223 e. The van der Waals surface area contributed by atoms with Crippen molar-refractivity contribution in [1.29, 1.82) is 0 Å². The molecular weight excluding hydrogens is 324 g/mol. The molecule has 1 aromatic heterocycles. The summed E-state index contributed by atoms with van der Waals surface area (Å²) in [6.07, 6.45) is -0.0399. The van der Waals surface area contributed by atoms with Gasteiger partial charge in [-0.25, -0.2) is 4.98 Å². The van der Waals surface area contributed by atoms with Crippen molar-refractivity contribution in [2.45, 2.75) is 44.4 Å². The zero-order chi connectivity index (χ0) is 17.8. The topological polar surface area (TPSA) is 101 Å². The molecule has 2 heterocycles. The fourth-order valence-corrected chi connectivity index (χ4v) is 3.48. The molecule has 4 atom stereocenters. The summed E-state index contributed by atoms with van der Waals surface area (Å²) in [7, 11) is 0.